The molecule has 0 spiro atoms. The molecule has 19 heavy (non-hydrogen) atoms. The van der Waals surface area contributed by atoms with E-state index in [1.807, 2.05) is 33.8 Å². The van der Waals surface area contributed by atoms with Crippen LogP contribution in [0.15, 0.2) is 34.1 Å². The van der Waals surface area contributed by atoms with Gasteiger partial charge in [-0.2, -0.15) is 0 Å². The molecule has 0 atom stereocenters. The van der Waals surface area contributed by atoms with E-state index in [2.05, 4.69) is 0 Å². The van der Waals surface area contributed by atoms with Crippen molar-refractivity contribution in [3.05, 3.63) is 35.5 Å². The molecule has 0 N–H and O–H groups in total. The van der Waals surface area contributed by atoms with E-state index in [-0.39, 0.29) is 5.73 Å². The van der Waals surface area contributed by atoms with E-state index in [1.165, 1.54) is 0 Å². The van der Waals surface area contributed by atoms with Gasteiger partial charge in [0.15, 0.2) is 0 Å². The number of allylic oxidation sites excluding steroid dienone is 1. The van der Waals surface area contributed by atoms with Crippen molar-refractivity contribution in [2.75, 3.05) is 0 Å². The Balaban J connectivity index is 2.14. The summed E-state index contributed by atoms with van der Waals surface area (Å²) >= 11 is 0. The Morgan fingerprint density at radius 3 is 2.26 bits per heavy atom. The highest BCUT2D eigenvalue weighted by molar-refractivity contribution is 6.53. The second kappa shape index (κ2) is 4.80. The Morgan fingerprint density at radius 1 is 1.21 bits per heavy atom. The predicted octanol–water partition coefficient (Wildman–Crippen LogP) is 3.70. The van der Waals surface area contributed by atoms with Gasteiger partial charge < -0.3 is 13.7 Å². The molecule has 0 saturated carbocycles. The van der Waals surface area contributed by atoms with Gasteiger partial charge in [-0.3, -0.25) is 0 Å². The Morgan fingerprint density at radius 2 is 1.79 bits per heavy atom. The molecule has 1 fully saturated rings. The van der Waals surface area contributed by atoms with Crippen molar-refractivity contribution in [1.82, 2.24) is 0 Å². The lowest BCUT2D eigenvalue weighted by atomic mass is 9.84. The molecule has 1 saturated heterocycles. The fourth-order valence-corrected chi connectivity index (χ4v) is 1.91. The number of hydrogen-bond acceptors (Lipinski definition) is 3. The largest absolute Gasteiger partial charge is 0.525 e. The Bertz CT molecular complexity index is 461. The summed E-state index contributed by atoms with van der Waals surface area (Å²) in [6, 6.07) is 3.61. The number of halogens is 1. The average molecular weight is 266 g/mol. The Kier molecular flexibility index (Phi) is 3.62. The van der Waals surface area contributed by atoms with Gasteiger partial charge in [0.25, 0.3) is 0 Å². The third-order valence-electron chi connectivity index (χ3n) is 3.89. The van der Waals surface area contributed by atoms with Gasteiger partial charge in [-0.1, -0.05) is 0 Å². The van der Waals surface area contributed by atoms with E-state index in [9.17, 15) is 4.39 Å². The Labute approximate surface area is 113 Å². The normalized spacial score (nSPS) is 22.5. The molecule has 1 aliphatic rings. The standard InChI is InChI=1S/C14H20BFO3/c1-10(9-11-7-6-8-17-11)12(16)15-18-13(2,3)14(4,5)19-15/h6-8H,9H2,1-5H3. The summed E-state index contributed by atoms with van der Waals surface area (Å²) in [7, 11) is -0.931. The summed E-state index contributed by atoms with van der Waals surface area (Å²) in [6.45, 7) is 9.34. The third-order valence-corrected chi connectivity index (χ3v) is 3.89. The SMILES string of the molecule is CC(Cc1ccco1)=C(F)B1OC(C)(C)C(C)(C)O1. The van der Waals surface area contributed by atoms with E-state index in [0.717, 1.165) is 5.76 Å². The maximum Gasteiger partial charge on any atom is 0.525 e. The second-order valence-electron chi connectivity index (χ2n) is 5.97. The molecule has 5 heteroatoms. The zero-order chi connectivity index (χ0) is 14.3. The molecule has 1 aromatic heterocycles. The first-order chi connectivity index (χ1) is 8.73. The predicted molar refractivity (Wildman–Crippen MR) is 72.3 cm³/mol. The molecule has 3 nitrogen and oxygen atoms in total. The van der Waals surface area contributed by atoms with Crippen LogP contribution >= 0.6 is 0 Å². The molecular formula is C14H20BFO3. The first kappa shape index (κ1) is 14.3. The molecule has 0 aromatic carbocycles. The molecule has 104 valence electrons. The zero-order valence-corrected chi connectivity index (χ0v) is 12.1. The minimum Gasteiger partial charge on any atom is -0.469 e. The summed E-state index contributed by atoms with van der Waals surface area (Å²) in [4.78, 5) is 0. The molecule has 2 heterocycles. The monoisotopic (exact) mass is 266 g/mol. The maximum atomic E-state index is 14.4. The molecule has 1 aromatic rings. The first-order valence-electron chi connectivity index (χ1n) is 6.46. The summed E-state index contributed by atoms with van der Waals surface area (Å²) < 4.78 is 30.9. The number of hydrogen-bond donors (Lipinski definition) is 0. The van der Waals surface area contributed by atoms with E-state index in [1.54, 1.807) is 19.3 Å². The minimum atomic E-state index is -0.931. The fourth-order valence-electron chi connectivity index (χ4n) is 1.91. The highest BCUT2D eigenvalue weighted by Crippen LogP contribution is 2.39. The summed E-state index contributed by atoms with van der Waals surface area (Å²) in [5.41, 5.74) is -0.858. The molecule has 2 rings (SSSR count). The van der Waals surface area contributed by atoms with Crippen LogP contribution in [0, 0.1) is 0 Å². The number of furan rings is 1. The van der Waals surface area contributed by atoms with Crippen molar-refractivity contribution < 1.29 is 18.1 Å². The van der Waals surface area contributed by atoms with E-state index in [0.29, 0.717) is 12.0 Å². The van der Waals surface area contributed by atoms with Crippen LogP contribution in [0.4, 0.5) is 4.39 Å². The van der Waals surface area contributed by atoms with Crippen LogP contribution in [0.25, 0.3) is 0 Å². The van der Waals surface area contributed by atoms with Gasteiger partial charge in [-0.15, -0.1) is 0 Å². The van der Waals surface area contributed by atoms with Crippen LogP contribution in [0.2, 0.25) is 0 Å². The lowest BCUT2D eigenvalue weighted by molar-refractivity contribution is 0.00578. The van der Waals surface area contributed by atoms with Gasteiger partial charge in [0.05, 0.1) is 17.5 Å². The van der Waals surface area contributed by atoms with Crippen molar-refractivity contribution in [1.29, 1.82) is 0 Å². The molecule has 0 amide bonds. The van der Waals surface area contributed by atoms with E-state index in [4.69, 9.17) is 13.7 Å². The van der Waals surface area contributed by atoms with Crippen molar-refractivity contribution in [2.24, 2.45) is 0 Å². The van der Waals surface area contributed by atoms with Crippen molar-refractivity contribution in [3.8, 4) is 0 Å². The van der Waals surface area contributed by atoms with Crippen LogP contribution in [0.5, 0.6) is 0 Å². The smallest absolute Gasteiger partial charge is 0.469 e. The quantitative estimate of drug-likeness (QED) is 0.782. The first-order valence-corrected chi connectivity index (χ1v) is 6.46. The van der Waals surface area contributed by atoms with Crippen molar-refractivity contribution in [2.45, 2.75) is 52.2 Å². The Hall–Kier alpha value is -1.07. The summed E-state index contributed by atoms with van der Waals surface area (Å²) in [6.07, 6.45) is 2.00. The molecule has 0 unspecified atom stereocenters. The van der Waals surface area contributed by atoms with Crippen LogP contribution in [-0.2, 0) is 15.7 Å². The third kappa shape index (κ3) is 2.77. The van der Waals surface area contributed by atoms with Gasteiger partial charge in [-0.05, 0) is 52.3 Å². The zero-order valence-electron chi connectivity index (χ0n) is 12.1. The number of rotatable bonds is 3. The van der Waals surface area contributed by atoms with Crippen LogP contribution in [0.1, 0.15) is 40.4 Å². The molecule has 0 bridgehead atoms. The lowest BCUT2D eigenvalue weighted by Crippen LogP contribution is -2.41. The van der Waals surface area contributed by atoms with Gasteiger partial charge in [-0.25, -0.2) is 4.39 Å². The van der Waals surface area contributed by atoms with Gasteiger partial charge in [0.2, 0.25) is 0 Å². The van der Waals surface area contributed by atoms with Crippen LogP contribution in [-0.4, -0.2) is 18.3 Å². The average Bonchev–Trinajstić information content (AvgIpc) is 2.85. The van der Waals surface area contributed by atoms with Crippen molar-refractivity contribution >= 4 is 7.12 Å². The van der Waals surface area contributed by atoms with Crippen LogP contribution in [0.3, 0.4) is 0 Å². The highest BCUT2D eigenvalue weighted by atomic mass is 19.1. The van der Waals surface area contributed by atoms with Gasteiger partial charge in [0.1, 0.15) is 11.5 Å². The topological polar surface area (TPSA) is 31.6 Å². The minimum absolute atomic E-state index is 0.366. The van der Waals surface area contributed by atoms with E-state index < -0.39 is 18.3 Å². The van der Waals surface area contributed by atoms with Gasteiger partial charge in [0, 0.05) is 6.42 Å². The molecule has 0 aliphatic carbocycles. The summed E-state index contributed by atoms with van der Waals surface area (Å²) in [5.74, 6) is 0.726. The molecular weight excluding hydrogens is 246 g/mol. The maximum absolute atomic E-state index is 14.4. The molecule has 1 aliphatic heterocycles. The fraction of sp³-hybridized carbons (Fsp3) is 0.571. The summed E-state index contributed by atoms with van der Waals surface area (Å²) in [5, 5.41) is 0. The van der Waals surface area contributed by atoms with Gasteiger partial charge >= 0.3 is 7.12 Å². The second-order valence-corrected chi connectivity index (χ2v) is 5.97. The van der Waals surface area contributed by atoms with Crippen molar-refractivity contribution in [3.63, 3.8) is 0 Å². The van der Waals surface area contributed by atoms with Crippen LogP contribution < -0.4 is 0 Å². The lowest BCUT2D eigenvalue weighted by Gasteiger charge is -2.32. The highest BCUT2D eigenvalue weighted by Gasteiger charge is 2.53. The van der Waals surface area contributed by atoms with E-state index >= 15 is 0 Å². The molecule has 0 radical (unpaired) electrons.